The highest BCUT2D eigenvalue weighted by Gasteiger charge is 2.19. The molecule has 0 spiro atoms. The summed E-state index contributed by atoms with van der Waals surface area (Å²) in [7, 11) is 0. The fourth-order valence-corrected chi connectivity index (χ4v) is 2.40. The van der Waals surface area contributed by atoms with E-state index in [0.717, 1.165) is 22.6 Å². The molecule has 23 heavy (non-hydrogen) atoms. The third-order valence-corrected chi connectivity index (χ3v) is 3.62. The molecule has 3 aromatic rings. The van der Waals surface area contributed by atoms with Crippen LogP contribution >= 0.6 is 0 Å². The van der Waals surface area contributed by atoms with Gasteiger partial charge in [0.05, 0.1) is 11.4 Å². The monoisotopic (exact) mass is 306 g/mol. The Labute approximate surface area is 135 Å². The minimum atomic E-state index is -0.243. The van der Waals surface area contributed by atoms with Gasteiger partial charge < -0.3 is 5.32 Å². The standard InChI is InChI=1S/C18H18N4O/c1-3-16-17(18(23)19-14-11-9-13(2)10-12-14)20-21-22(16)15-7-5-4-6-8-15/h4-12H,3H2,1-2H3,(H,19,23). The van der Waals surface area contributed by atoms with E-state index in [1.54, 1.807) is 4.68 Å². The van der Waals surface area contributed by atoms with Crippen molar-refractivity contribution in [2.45, 2.75) is 20.3 Å². The van der Waals surface area contributed by atoms with Crippen LogP contribution in [0.2, 0.25) is 0 Å². The summed E-state index contributed by atoms with van der Waals surface area (Å²) in [5.41, 5.74) is 3.94. The van der Waals surface area contributed by atoms with Crippen molar-refractivity contribution in [3.05, 3.63) is 71.5 Å². The van der Waals surface area contributed by atoms with Crippen molar-refractivity contribution < 1.29 is 4.79 Å². The lowest BCUT2D eigenvalue weighted by Crippen LogP contribution is -2.15. The lowest BCUT2D eigenvalue weighted by Gasteiger charge is -2.07. The number of hydrogen-bond donors (Lipinski definition) is 1. The minimum absolute atomic E-state index is 0.243. The summed E-state index contributed by atoms with van der Waals surface area (Å²) in [5, 5.41) is 11.1. The Bertz CT molecular complexity index is 807. The molecule has 5 nitrogen and oxygen atoms in total. The maximum atomic E-state index is 12.5. The van der Waals surface area contributed by atoms with Crippen LogP contribution in [0.5, 0.6) is 0 Å². The van der Waals surface area contributed by atoms with Gasteiger partial charge in [-0.1, -0.05) is 48.0 Å². The molecule has 1 amide bonds. The number of para-hydroxylation sites is 1. The van der Waals surface area contributed by atoms with Crippen LogP contribution in [0.1, 0.15) is 28.7 Å². The van der Waals surface area contributed by atoms with Gasteiger partial charge in [0, 0.05) is 5.69 Å². The molecule has 0 radical (unpaired) electrons. The second-order valence-electron chi connectivity index (χ2n) is 5.31. The molecular formula is C18H18N4O. The molecule has 0 unspecified atom stereocenters. The molecule has 0 aliphatic carbocycles. The molecule has 1 aromatic heterocycles. The second kappa shape index (κ2) is 6.44. The van der Waals surface area contributed by atoms with E-state index in [9.17, 15) is 4.79 Å². The van der Waals surface area contributed by atoms with Crippen LogP contribution < -0.4 is 5.32 Å². The normalized spacial score (nSPS) is 10.5. The summed E-state index contributed by atoms with van der Waals surface area (Å²) in [4.78, 5) is 12.5. The smallest absolute Gasteiger partial charge is 0.278 e. The number of aromatic nitrogens is 3. The Hall–Kier alpha value is -2.95. The molecule has 1 heterocycles. The molecule has 0 saturated heterocycles. The van der Waals surface area contributed by atoms with Gasteiger partial charge in [-0.2, -0.15) is 0 Å². The fourth-order valence-electron chi connectivity index (χ4n) is 2.40. The number of carbonyl (C=O) groups excluding carboxylic acids is 1. The van der Waals surface area contributed by atoms with Gasteiger partial charge >= 0.3 is 0 Å². The lowest BCUT2D eigenvalue weighted by atomic mass is 10.2. The molecule has 0 bridgehead atoms. The highest BCUT2D eigenvalue weighted by atomic mass is 16.2. The van der Waals surface area contributed by atoms with Crippen molar-refractivity contribution in [1.82, 2.24) is 15.0 Å². The molecule has 0 aliphatic heterocycles. The van der Waals surface area contributed by atoms with E-state index < -0.39 is 0 Å². The zero-order valence-electron chi connectivity index (χ0n) is 13.2. The third-order valence-electron chi connectivity index (χ3n) is 3.62. The summed E-state index contributed by atoms with van der Waals surface area (Å²) in [5.74, 6) is -0.243. The number of amides is 1. The van der Waals surface area contributed by atoms with Gasteiger partial charge in [0.1, 0.15) is 0 Å². The van der Waals surface area contributed by atoms with E-state index in [4.69, 9.17) is 0 Å². The highest BCUT2D eigenvalue weighted by molar-refractivity contribution is 6.03. The minimum Gasteiger partial charge on any atom is -0.321 e. The summed E-state index contributed by atoms with van der Waals surface area (Å²) in [6.07, 6.45) is 0.665. The Morgan fingerprint density at radius 3 is 2.43 bits per heavy atom. The van der Waals surface area contributed by atoms with Gasteiger partial charge in [-0.15, -0.1) is 5.10 Å². The summed E-state index contributed by atoms with van der Waals surface area (Å²) in [6, 6.07) is 17.3. The van der Waals surface area contributed by atoms with E-state index in [-0.39, 0.29) is 5.91 Å². The van der Waals surface area contributed by atoms with Crippen LogP contribution in [-0.4, -0.2) is 20.9 Å². The predicted octanol–water partition coefficient (Wildman–Crippen LogP) is 3.39. The Morgan fingerprint density at radius 2 is 1.78 bits per heavy atom. The lowest BCUT2D eigenvalue weighted by molar-refractivity contribution is 0.102. The van der Waals surface area contributed by atoms with E-state index in [0.29, 0.717) is 12.1 Å². The first-order chi connectivity index (χ1) is 11.2. The maximum absolute atomic E-state index is 12.5. The van der Waals surface area contributed by atoms with Crippen LogP contribution in [-0.2, 0) is 6.42 Å². The van der Waals surface area contributed by atoms with Crippen molar-refractivity contribution in [3.63, 3.8) is 0 Å². The molecular weight excluding hydrogens is 288 g/mol. The van der Waals surface area contributed by atoms with Gasteiger partial charge in [-0.3, -0.25) is 4.79 Å². The van der Waals surface area contributed by atoms with Gasteiger partial charge in [0.15, 0.2) is 5.69 Å². The largest absolute Gasteiger partial charge is 0.321 e. The number of nitrogens with zero attached hydrogens (tertiary/aromatic N) is 3. The van der Waals surface area contributed by atoms with E-state index in [2.05, 4.69) is 15.6 Å². The summed E-state index contributed by atoms with van der Waals surface area (Å²) >= 11 is 0. The molecule has 3 rings (SSSR count). The van der Waals surface area contributed by atoms with Crippen LogP contribution in [0.3, 0.4) is 0 Å². The Kier molecular flexibility index (Phi) is 4.19. The molecule has 1 N–H and O–H groups in total. The van der Waals surface area contributed by atoms with Crippen LogP contribution in [0.15, 0.2) is 54.6 Å². The molecule has 116 valence electrons. The van der Waals surface area contributed by atoms with Gasteiger partial charge in [-0.05, 0) is 37.6 Å². The van der Waals surface area contributed by atoms with E-state index in [1.165, 1.54) is 0 Å². The number of nitrogens with one attached hydrogen (secondary N) is 1. The SMILES string of the molecule is CCc1c(C(=O)Nc2ccc(C)cc2)nnn1-c1ccccc1. The first-order valence-electron chi connectivity index (χ1n) is 7.57. The van der Waals surface area contributed by atoms with Crippen LogP contribution in [0.4, 0.5) is 5.69 Å². The van der Waals surface area contributed by atoms with Crippen molar-refractivity contribution >= 4 is 11.6 Å². The molecule has 0 atom stereocenters. The second-order valence-corrected chi connectivity index (χ2v) is 5.31. The third kappa shape index (κ3) is 3.13. The zero-order chi connectivity index (χ0) is 16.2. The number of hydrogen-bond acceptors (Lipinski definition) is 3. The van der Waals surface area contributed by atoms with Gasteiger partial charge in [0.2, 0.25) is 0 Å². The topological polar surface area (TPSA) is 59.8 Å². The fraction of sp³-hybridized carbons (Fsp3) is 0.167. The molecule has 0 aliphatic rings. The first kappa shape index (κ1) is 15.0. The first-order valence-corrected chi connectivity index (χ1v) is 7.57. The number of rotatable bonds is 4. The van der Waals surface area contributed by atoms with E-state index in [1.807, 2.05) is 68.4 Å². The van der Waals surface area contributed by atoms with Gasteiger partial charge in [-0.25, -0.2) is 4.68 Å². The average Bonchev–Trinajstić information content (AvgIpc) is 3.02. The molecule has 0 fully saturated rings. The Morgan fingerprint density at radius 1 is 1.09 bits per heavy atom. The number of benzene rings is 2. The van der Waals surface area contributed by atoms with Crippen molar-refractivity contribution in [2.24, 2.45) is 0 Å². The summed E-state index contributed by atoms with van der Waals surface area (Å²) < 4.78 is 1.71. The van der Waals surface area contributed by atoms with Crippen LogP contribution in [0.25, 0.3) is 5.69 Å². The van der Waals surface area contributed by atoms with Crippen molar-refractivity contribution in [3.8, 4) is 5.69 Å². The predicted molar refractivity (Wildman–Crippen MR) is 89.9 cm³/mol. The number of carbonyl (C=O) groups is 1. The average molecular weight is 306 g/mol. The van der Waals surface area contributed by atoms with E-state index >= 15 is 0 Å². The Balaban J connectivity index is 1.89. The molecule has 2 aromatic carbocycles. The quantitative estimate of drug-likeness (QED) is 0.803. The van der Waals surface area contributed by atoms with Gasteiger partial charge in [0.25, 0.3) is 5.91 Å². The van der Waals surface area contributed by atoms with Crippen molar-refractivity contribution in [2.75, 3.05) is 5.32 Å². The van der Waals surface area contributed by atoms with Crippen molar-refractivity contribution in [1.29, 1.82) is 0 Å². The zero-order valence-corrected chi connectivity index (χ0v) is 13.2. The van der Waals surface area contributed by atoms with Crippen LogP contribution in [0, 0.1) is 6.92 Å². The molecule has 5 heteroatoms. The maximum Gasteiger partial charge on any atom is 0.278 e. The number of aryl methyl sites for hydroxylation is 1. The summed E-state index contributed by atoms with van der Waals surface area (Å²) in [6.45, 7) is 3.99. The number of anilines is 1. The highest BCUT2D eigenvalue weighted by Crippen LogP contribution is 2.16. The molecule has 0 saturated carbocycles.